The lowest BCUT2D eigenvalue weighted by Crippen LogP contribution is -1.83. The summed E-state index contributed by atoms with van der Waals surface area (Å²) in [6, 6.07) is 5.60. The van der Waals surface area contributed by atoms with E-state index in [-0.39, 0.29) is 0 Å². The third-order valence-electron chi connectivity index (χ3n) is 1.51. The van der Waals surface area contributed by atoms with Gasteiger partial charge < -0.3 is 0 Å². The Morgan fingerprint density at radius 1 is 1.42 bits per heavy atom. The fourth-order valence-corrected chi connectivity index (χ4v) is 1.84. The third-order valence-corrected chi connectivity index (χ3v) is 2.26. The summed E-state index contributed by atoms with van der Waals surface area (Å²) in [5.41, 5.74) is 0.835. The molecule has 0 spiro atoms. The average molecular weight is 243 g/mol. The molecule has 0 radical (unpaired) electrons. The first-order valence-corrected chi connectivity index (χ1v) is 4.51. The highest BCUT2D eigenvalue weighted by Crippen LogP contribution is 2.22. The van der Waals surface area contributed by atoms with Gasteiger partial charge in [-0.25, -0.2) is 4.98 Å². The van der Waals surface area contributed by atoms with E-state index in [0.29, 0.717) is 9.76 Å². The highest BCUT2D eigenvalue weighted by atomic mass is 79.9. The second-order valence-corrected chi connectivity index (χ2v) is 3.45. The highest BCUT2D eigenvalue weighted by Gasteiger charge is 2.01. The van der Waals surface area contributed by atoms with Crippen LogP contribution in [0.2, 0.25) is 5.15 Å². The van der Waals surface area contributed by atoms with E-state index in [2.05, 4.69) is 25.9 Å². The molecule has 60 valence electrons. The standard InChI is InChI=1S/C8H4BrClN2/c9-8-7-5(2-1-3-11-7)4-6(10)12-8/h1-4H. The van der Waals surface area contributed by atoms with Gasteiger partial charge in [0, 0.05) is 11.6 Å². The molecule has 12 heavy (non-hydrogen) atoms. The Balaban J connectivity index is 2.89. The topological polar surface area (TPSA) is 25.8 Å². The molecular formula is C8H4BrClN2. The Hall–Kier alpha value is -0.670. The third kappa shape index (κ3) is 1.30. The smallest absolute Gasteiger partial charge is 0.134 e. The van der Waals surface area contributed by atoms with E-state index in [1.807, 2.05) is 12.1 Å². The summed E-state index contributed by atoms with van der Waals surface area (Å²) in [5.74, 6) is 0. The summed E-state index contributed by atoms with van der Waals surface area (Å²) in [6.07, 6.45) is 1.72. The molecule has 0 aliphatic rings. The van der Waals surface area contributed by atoms with Crippen LogP contribution in [0.5, 0.6) is 0 Å². The average Bonchev–Trinajstić information content (AvgIpc) is 2.04. The molecule has 0 aliphatic heterocycles. The molecule has 2 rings (SSSR count). The zero-order chi connectivity index (χ0) is 8.55. The number of rotatable bonds is 0. The van der Waals surface area contributed by atoms with Crippen molar-refractivity contribution in [1.29, 1.82) is 0 Å². The molecular weight excluding hydrogens is 239 g/mol. The first-order valence-electron chi connectivity index (χ1n) is 3.34. The highest BCUT2D eigenvalue weighted by molar-refractivity contribution is 9.10. The molecule has 2 aromatic rings. The Morgan fingerprint density at radius 3 is 3.08 bits per heavy atom. The lowest BCUT2D eigenvalue weighted by molar-refractivity contribution is 1.27. The van der Waals surface area contributed by atoms with Gasteiger partial charge in [0.25, 0.3) is 0 Å². The van der Waals surface area contributed by atoms with Crippen LogP contribution in [-0.4, -0.2) is 9.97 Å². The Bertz CT molecular complexity index is 430. The Kier molecular flexibility index (Phi) is 1.98. The van der Waals surface area contributed by atoms with Gasteiger partial charge in [0.2, 0.25) is 0 Å². The van der Waals surface area contributed by atoms with Gasteiger partial charge in [0.15, 0.2) is 0 Å². The number of fused-ring (bicyclic) bond motifs is 1. The van der Waals surface area contributed by atoms with E-state index in [1.165, 1.54) is 0 Å². The minimum atomic E-state index is 0.474. The van der Waals surface area contributed by atoms with E-state index in [1.54, 1.807) is 12.3 Å². The number of hydrogen-bond acceptors (Lipinski definition) is 2. The molecule has 0 saturated heterocycles. The van der Waals surface area contributed by atoms with Gasteiger partial charge in [0.05, 0.1) is 0 Å². The summed E-state index contributed by atoms with van der Waals surface area (Å²) in [6.45, 7) is 0. The van der Waals surface area contributed by atoms with Gasteiger partial charge in [-0.2, -0.15) is 0 Å². The SMILES string of the molecule is Clc1cc2cccnc2c(Br)n1. The lowest BCUT2D eigenvalue weighted by atomic mass is 10.3. The van der Waals surface area contributed by atoms with Crippen molar-refractivity contribution in [2.24, 2.45) is 0 Å². The predicted octanol–water partition coefficient (Wildman–Crippen LogP) is 3.05. The van der Waals surface area contributed by atoms with Gasteiger partial charge in [-0.15, -0.1) is 0 Å². The van der Waals surface area contributed by atoms with Crippen LogP contribution in [-0.2, 0) is 0 Å². The summed E-state index contributed by atoms with van der Waals surface area (Å²) < 4.78 is 0.686. The lowest BCUT2D eigenvalue weighted by Gasteiger charge is -1.98. The van der Waals surface area contributed by atoms with Crippen LogP contribution in [0.15, 0.2) is 29.0 Å². The summed E-state index contributed by atoms with van der Waals surface area (Å²) >= 11 is 9.04. The molecule has 0 bridgehead atoms. The van der Waals surface area contributed by atoms with Gasteiger partial charge in [-0.3, -0.25) is 4.98 Å². The molecule has 2 aromatic heterocycles. The molecule has 0 saturated carbocycles. The first kappa shape index (κ1) is 7.95. The maximum absolute atomic E-state index is 5.76. The number of aromatic nitrogens is 2. The number of hydrogen-bond donors (Lipinski definition) is 0. The van der Waals surface area contributed by atoms with Gasteiger partial charge in [0.1, 0.15) is 15.3 Å². The number of pyridine rings is 2. The molecule has 0 atom stereocenters. The fraction of sp³-hybridized carbons (Fsp3) is 0. The van der Waals surface area contributed by atoms with E-state index in [0.717, 1.165) is 10.9 Å². The molecule has 0 amide bonds. The molecule has 0 aliphatic carbocycles. The second kappa shape index (κ2) is 2.99. The molecule has 0 aromatic carbocycles. The van der Waals surface area contributed by atoms with Gasteiger partial charge >= 0.3 is 0 Å². The van der Waals surface area contributed by atoms with Crippen molar-refractivity contribution < 1.29 is 0 Å². The Labute approximate surface area is 82.7 Å². The van der Waals surface area contributed by atoms with Crippen molar-refractivity contribution in [2.75, 3.05) is 0 Å². The van der Waals surface area contributed by atoms with Crippen molar-refractivity contribution in [1.82, 2.24) is 9.97 Å². The molecule has 4 heteroatoms. The first-order chi connectivity index (χ1) is 5.77. The summed E-state index contributed by atoms with van der Waals surface area (Å²) in [4.78, 5) is 8.18. The quantitative estimate of drug-likeness (QED) is 0.665. The maximum Gasteiger partial charge on any atom is 0.134 e. The molecule has 0 unspecified atom stereocenters. The second-order valence-electron chi connectivity index (χ2n) is 2.31. The molecule has 0 fully saturated rings. The largest absolute Gasteiger partial charge is 0.253 e. The van der Waals surface area contributed by atoms with Crippen LogP contribution in [0.4, 0.5) is 0 Å². The monoisotopic (exact) mass is 242 g/mol. The minimum Gasteiger partial charge on any atom is -0.253 e. The van der Waals surface area contributed by atoms with Gasteiger partial charge in [-0.1, -0.05) is 17.7 Å². The minimum absolute atomic E-state index is 0.474. The van der Waals surface area contributed by atoms with Crippen molar-refractivity contribution in [3.05, 3.63) is 34.2 Å². The summed E-state index contributed by atoms with van der Waals surface area (Å²) in [7, 11) is 0. The zero-order valence-electron chi connectivity index (χ0n) is 5.96. The fourth-order valence-electron chi connectivity index (χ4n) is 1.01. The Morgan fingerprint density at radius 2 is 2.25 bits per heavy atom. The van der Waals surface area contributed by atoms with Crippen molar-refractivity contribution in [3.8, 4) is 0 Å². The zero-order valence-corrected chi connectivity index (χ0v) is 8.30. The molecule has 0 N–H and O–H groups in total. The van der Waals surface area contributed by atoms with Crippen LogP contribution < -0.4 is 0 Å². The molecule has 2 heterocycles. The summed E-state index contributed by atoms with van der Waals surface area (Å²) in [5, 5.41) is 1.46. The van der Waals surface area contributed by atoms with Crippen LogP contribution in [0.3, 0.4) is 0 Å². The van der Waals surface area contributed by atoms with E-state index in [9.17, 15) is 0 Å². The van der Waals surface area contributed by atoms with Crippen LogP contribution in [0, 0.1) is 0 Å². The predicted molar refractivity (Wildman–Crippen MR) is 52.2 cm³/mol. The van der Waals surface area contributed by atoms with Crippen LogP contribution in [0.25, 0.3) is 10.9 Å². The number of halogens is 2. The van der Waals surface area contributed by atoms with Crippen LogP contribution in [0.1, 0.15) is 0 Å². The molecule has 2 nitrogen and oxygen atoms in total. The maximum atomic E-state index is 5.76. The number of nitrogens with zero attached hydrogens (tertiary/aromatic N) is 2. The van der Waals surface area contributed by atoms with E-state index < -0.39 is 0 Å². The van der Waals surface area contributed by atoms with Gasteiger partial charge in [-0.05, 0) is 28.1 Å². The van der Waals surface area contributed by atoms with Crippen molar-refractivity contribution >= 4 is 38.4 Å². The van der Waals surface area contributed by atoms with Crippen molar-refractivity contribution in [3.63, 3.8) is 0 Å². The van der Waals surface area contributed by atoms with E-state index in [4.69, 9.17) is 11.6 Å². The van der Waals surface area contributed by atoms with Crippen molar-refractivity contribution in [2.45, 2.75) is 0 Å². The van der Waals surface area contributed by atoms with Crippen LogP contribution >= 0.6 is 27.5 Å². The van der Waals surface area contributed by atoms with E-state index >= 15 is 0 Å². The normalized spacial score (nSPS) is 10.5.